The number of pyridine rings is 1. The Balaban J connectivity index is 1.28. The van der Waals surface area contributed by atoms with Gasteiger partial charge in [0.15, 0.2) is 6.61 Å². The zero-order valence-corrected chi connectivity index (χ0v) is 19.3. The van der Waals surface area contributed by atoms with Crippen molar-refractivity contribution in [3.05, 3.63) is 72.4 Å². The van der Waals surface area contributed by atoms with E-state index in [-0.39, 0.29) is 18.4 Å². The van der Waals surface area contributed by atoms with Crippen molar-refractivity contribution in [2.24, 2.45) is 5.92 Å². The van der Waals surface area contributed by atoms with Crippen molar-refractivity contribution in [2.45, 2.75) is 38.6 Å². The van der Waals surface area contributed by atoms with Gasteiger partial charge in [0.2, 0.25) is 5.91 Å². The van der Waals surface area contributed by atoms with Gasteiger partial charge in [-0.2, -0.15) is 0 Å². The first kappa shape index (κ1) is 22.8. The minimum absolute atomic E-state index is 0.0548. The number of ether oxygens (including phenoxy) is 1. The Morgan fingerprint density at radius 2 is 1.76 bits per heavy atom. The van der Waals surface area contributed by atoms with Crippen LogP contribution < -0.4 is 10.1 Å². The lowest BCUT2D eigenvalue weighted by molar-refractivity contribution is -0.142. The van der Waals surface area contributed by atoms with Crippen LogP contribution in [0.15, 0.2) is 66.9 Å². The van der Waals surface area contributed by atoms with Crippen LogP contribution in [0.25, 0.3) is 10.9 Å². The monoisotopic (exact) mass is 445 g/mol. The summed E-state index contributed by atoms with van der Waals surface area (Å²) in [6, 6.07) is 19.6. The van der Waals surface area contributed by atoms with E-state index in [1.807, 2.05) is 35.4 Å². The Labute approximate surface area is 195 Å². The third kappa shape index (κ3) is 5.69. The fourth-order valence-electron chi connectivity index (χ4n) is 4.48. The first-order chi connectivity index (χ1) is 15.9. The Kier molecular flexibility index (Phi) is 6.92. The second kappa shape index (κ2) is 10.0. The molecule has 6 nitrogen and oxygen atoms in total. The van der Waals surface area contributed by atoms with Crippen molar-refractivity contribution >= 4 is 22.7 Å². The van der Waals surface area contributed by atoms with Gasteiger partial charge in [0.25, 0.3) is 5.91 Å². The normalized spacial score (nSPS) is 14.8. The molecule has 0 bridgehead atoms. The van der Waals surface area contributed by atoms with Crippen LogP contribution in [0.3, 0.4) is 0 Å². The summed E-state index contributed by atoms with van der Waals surface area (Å²) in [6.07, 6.45) is 4.69. The quantitative estimate of drug-likeness (QED) is 0.597. The summed E-state index contributed by atoms with van der Waals surface area (Å²) < 4.78 is 5.50. The van der Waals surface area contributed by atoms with Gasteiger partial charge in [-0.05, 0) is 62.8 Å². The summed E-state index contributed by atoms with van der Waals surface area (Å²) >= 11 is 0. The summed E-state index contributed by atoms with van der Waals surface area (Å²) in [7, 11) is 0. The first-order valence-electron chi connectivity index (χ1n) is 11.5. The van der Waals surface area contributed by atoms with E-state index in [2.05, 4.69) is 34.6 Å². The molecule has 2 amide bonds. The van der Waals surface area contributed by atoms with Crippen LogP contribution in [0.4, 0.5) is 0 Å². The Morgan fingerprint density at radius 1 is 1.03 bits per heavy atom. The average Bonchev–Trinajstić information content (AvgIpc) is 2.83. The van der Waals surface area contributed by atoms with E-state index < -0.39 is 5.54 Å². The van der Waals surface area contributed by atoms with Gasteiger partial charge in [0, 0.05) is 24.7 Å². The summed E-state index contributed by atoms with van der Waals surface area (Å²) in [5.41, 5.74) is 1.35. The molecular formula is C27H31N3O3. The van der Waals surface area contributed by atoms with E-state index in [1.54, 1.807) is 26.0 Å². The minimum atomic E-state index is -0.983. The molecule has 1 aliphatic heterocycles. The topological polar surface area (TPSA) is 71.5 Å². The lowest BCUT2D eigenvalue weighted by Crippen LogP contribution is -2.58. The van der Waals surface area contributed by atoms with Crippen molar-refractivity contribution < 1.29 is 14.3 Å². The van der Waals surface area contributed by atoms with E-state index in [0.717, 1.165) is 30.2 Å². The number of amides is 2. The molecule has 0 aliphatic carbocycles. The van der Waals surface area contributed by atoms with E-state index in [0.29, 0.717) is 24.8 Å². The van der Waals surface area contributed by atoms with Crippen molar-refractivity contribution in [1.29, 1.82) is 0 Å². The smallest absolute Gasteiger partial charge is 0.258 e. The summed E-state index contributed by atoms with van der Waals surface area (Å²) in [4.78, 5) is 31.9. The maximum Gasteiger partial charge on any atom is 0.258 e. The van der Waals surface area contributed by atoms with Crippen molar-refractivity contribution in [3.63, 3.8) is 0 Å². The van der Waals surface area contributed by atoms with Crippen LogP contribution in [0.1, 0.15) is 32.3 Å². The Hall–Kier alpha value is -3.41. The van der Waals surface area contributed by atoms with Gasteiger partial charge >= 0.3 is 0 Å². The second-order valence-electron chi connectivity index (χ2n) is 9.21. The maximum absolute atomic E-state index is 13.1. The molecule has 1 aliphatic rings. The number of hydrogen-bond donors (Lipinski definition) is 1. The number of hydrogen-bond acceptors (Lipinski definition) is 4. The Bertz CT molecular complexity index is 1100. The van der Waals surface area contributed by atoms with Crippen LogP contribution in [0.5, 0.6) is 5.75 Å². The lowest BCUT2D eigenvalue weighted by Gasteiger charge is -2.37. The van der Waals surface area contributed by atoms with Gasteiger partial charge in [-0.15, -0.1) is 0 Å². The number of likely N-dealkylation sites (tertiary alicyclic amines) is 1. The molecule has 2 heterocycles. The molecule has 2 aromatic carbocycles. The SMILES string of the molecule is CC(C)(NC(=O)COc1ccccc1)C(=O)N1CCC(Cc2cccc3cccnc23)CC1. The van der Waals surface area contributed by atoms with Gasteiger partial charge in [-0.25, -0.2) is 0 Å². The van der Waals surface area contributed by atoms with E-state index in [1.165, 1.54) is 5.56 Å². The van der Waals surface area contributed by atoms with Gasteiger partial charge in [-0.3, -0.25) is 14.6 Å². The molecule has 6 heteroatoms. The molecule has 0 unspecified atom stereocenters. The van der Waals surface area contributed by atoms with Crippen molar-refractivity contribution in [1.82, 2.24) is 15.2 Å². The van der Waals surface area contributed by atoms with Gasteiger partial charge in [-0.1, -0.05) is 42.5 Å². The number of nitrogens with zero attached hydrogens (tertiary/aromatic N) is 2. The van der Waals surface area contributed by atoms with E-state index in [9.17, 15) is 9.59 Å². The van der Waals surface area contributed by atoms with Crippen LogP contribution in [-0.4, -0.2) is 46.9 Å². The average molecular weight is 446 g/mol. The molecule has 0 atom stereocenters. The predicted molar refractivity (Wildman–Crippen MR) is 129 cm³/mol. The summed E-state index contributed by atoms with van der Waals surface area (Å²) in [6.45, 7) is 4.78. The largest absolute Gasteiger partial charge is 0.484 e. The van der Waals surface area contributed by atoms with Crippen molar-refractivity contribution in [2.75, 3.05) is 19.7 Å². The number of carbonyl (C=O) groups excluding carboxylic acids is 2. The fraction of sp³-hybridized carbons (Fsp3) is 0.370. The van der Waals surface area contributed by atoms with Crippen LogP contribution >= 0.6 is 0 Å². The molecule has 33 heavy (non-hydrogen) atoms. The molecular weight excluding hydrogens is 414 g/mol. The highest BCUT2D eigenvalue weighted by atomic mass is 16.5. The molecule has 1 N–H and O–H groups in total. The number of rotatable bonds is 7. The predicted octanol–water partition coefficient (Wildman–Crippen LogP) is 3.99. The molecule has 0 spiro atoms. The minimum Gasteiger partial charge on any atom is -0.484 e. The number of nitrogens with one attached hydrogen (secondary N) is 1. The lowest BCUT2D eigenvalue weighted by atomic mass is 9.88. The summed E-state index contributed by atoms with van der Waals surface area (Å²) in [5.74, 6) is 0.773. The number of fused-ring (bicyclic) bond motifs is 1. The van der Waals surface area contributed by atoms with Crippen LogP contribution in [-0.2, 0) is 16.0 Å². The third-order valence-corrected chi connectivity index (χ3v) is 6.23. The number of aromatic nitrogens is 1. The van der Waals surface area contributed by atoms with Crippen LogP contribution in [0.2, 0.25) is 0 Å². The van der Waals surface area contributed by atoms with Gasteiger partial charge in [0.05, 0.1) is 5.52 Å². The second-order valence-corrected chi connectivity index (χ2v) is 9.21. The van der Waals surface area contributed by atoms with E-state index in [4.69, 9.17) is 4.74 Å². The molecule has 3 aromatic rings. The van der Waals surface area contributed by atoms with E-state index >= 15 is 0 Å². The Morgan fingerprint density at radius 3 is 2.52 bits per heavy atom. The first-order valence-corrected chi connectivity index (χ1v) is 11.5. The molecule has 1 saturated heterocycles. The maximum atomic E-state index is 13.1. The zero-order chi connectivity index (χ0) is 23.3. The number of piperidine rings is 1. The molecule has 1 fully saturated rings. The highest BCUT2D eigenvalue weighted by Crippen LogP contribution is 2.26. The molecule has 1 aromatic heterocycles. The fourth-order valence-corrected chi connectivity index (χ4v) is 4.48. The van der Waals surface area contributed by atoms with Crippen molar-refractivity contribution in [3.8, 4) is 5.75 Å². The zero-order valence-electron chi connectivity index (χ0n) is 19.3. The van der Waals surface area contributed by atoms with Gasteiger partial charge in [0.1, 0.15) is 11.3 Å². The molecule has 0 radical (unpaired) electrons. The molecule has 172 valence electrons. The van der Waals surface area contributed by atoms with Gasteiger partial charge < -0.3 is 15.0 Å². The standard InChI is InChI=1S/C27H31N3O3/c1-27(2,29-24(31)19-33-23-11-4-3-5-12-23)26(32)30-16-13-20(14-17-30)18-22-9-6-8-21-10-7-15-28-25(21)22/h3-12,15,20H,13-14,16-19H2,1-2H3,(H,29,31). The highest BCUT2D eigenvalue weighted by molar-refractivity contribution is 5.91. The number of benzene rings is 2. The third-order valence-electron chi connectivity index (χ3n) is 6.23. The molecule has 4 rings (SSSR count). The van der Waals surface area contributed by atoms with Crippen LogP contribution in [0, 0.1) is 5.92 Å². The summed E-state index contributed by atoms with van der Waals surface area (Å²) in [5, 5.41) is 3.99. The highest BCUT2D eigenvalue weighted by Gasteiger charge is 2.35. The number of carbonyl (C=O) groups is 2. The molecule has 0 saturated carbocycles. The number of para-hydroxylation sites is 2.